The van der Waals surface area contributed by atoms with Crippen LogP contribution in [0.25, 0.3) is 11.0 Å². The van der Waals surface area contributed by atoms with Crippen LogP contribution in [0.1, 0.15) is 22.1 Å². The number of ether oxygens (including phenoxy) is 2. The van der Waals surface area contributed by atoms with E-state index in [9.17, 15) is 9.59 Å². The first kappa shape index (κ1) is 18.8. The molecule has 0 saturated carbocycles. The minimum atomic E-state index is -0.752. The van der Waals surface area contributed by atoms with Gasteiger partial charge < -0.3 is 14.4 Å². The molecule has 0 aliphatic carbocycles. The van der Waals surface area contributed by atoms with Crippen LogP contribution in [0.15, 0.2) is 48.5 Å². The zero-order chi connectivity index (χ0) is 20.5. The molecule has 1 aliphatic heterocycles. The van der Waals surface area contributed by atoms with Crippen molar-refractivity contribution < 1.29 is 19.1 Å². The summed E-state index contributed by atoms with van der Waals surface area (Å²) in [6.07, 6.45) is -0.752. The second-order valence-corrected chi connectivity index (χ2v) is 6.78. The van der Waals surface area contributed by atoms with Crippen LogP contribution >= 0.6 is 0 Å². The highest BCUT2D eigenvalue weighted by Gasteiger charge is 2.39. The second-order valence-electron chi connectivity index (χ2n) is 6.78. The summed E-state index contributed by atoms with van der Waals surface area (Å²) in [5.41, 5.74) is 1.67. The van der Waals surface area contributed by atoms with E-state index in [-0.39, 0.29) is 18.4 Å². The number of amides is 2. The Morgan fingerprint density at radius 2 is 1.86 bits per heavy atom. The van der Waals surface area contributed by atoms with Crippen LogP contribution in [-0.2, 0) is 9.53 Å². The molecular weight excluding hydrogens is 372 g/mol. The number of hydrogen-bond acceptors (Lipinski definition) is 6. The van der Waals surface area contributed by atoms with Gasteiger partial charge in [0.15, 0.2) is 11.9 Å². The summed E-state index contributed by atoms with van der Waals surface area (Å²) in [7, 11) is 4.84. The molecule has 3 heterocycles. The van der Waals surface area contributed by atoms with Gasteiger partial charge in [0, 0.05) is 36.7 Å². The minimum absolute atomic E-state index is 0.157. The Labute approximate surface area is 167 Å². The Kier molecular flexibility index (Phi) is 4.85. The van der Waals surface area contributed by atoms with Crippen LogP contribution in [0.4, 0.5) is 5.82 Å². The number of methoxy groups -OCH3 is 1. The lowest BCUT2D eigenvalue weighted by atomic mass is 10.1. The van der Waals surface area contributed by atoms with Gasteiger partial charge >= 0.3 is 0 Å². The summed E-state index contributed by atoms with van der Waals surface area (Å²) in [5, 5.41) is 0.818. The van der Waals surface area contributed by atoms with Crippen molar-refractivity contribution >= 4 is 28.7 Å². The highest BCUT2D eigenvalue weighted by Crippen LogP contribution is 2.37. The predicted octanol–water partition coefficient (Wildman–Crippen LogP) is 2.40. The summed E-state index contributed by atoms with van der Waals surface area (Å²) in [5.74, 6) is 0.390. The highest BCUT2D eigenvalue weighted by molar-refractivity contribution is 6.10. The molecular formula is C21H20N4O4. The van der Waals surface area contributed by atoms with Crippen LogP contribution in [0, 0.1) is 0 Å². The number of aromatic nitrogens is 2. The van der Waals surface area contributed by atoms with E-state index < -0.39 is 6.23 Å². The van der Waals surface area contributed by atoms with Crippen molar-refractivity contribution in [3.05, 3.63) is 59.7 Å². The third kappa shape index (κ3) is 3.38. The fraction of sp³-hybridized carbons (Fsp3) is 0.238. The normalized spacial score (nSPS) is 15.5. The van der Waals surface area contributed by atoms with E-state index in [4.69, 9.17) is 9.47 Å². The van der Waals surface area contributed by atoms with E-state index in [1.807, 2.05) is 24.3 Å². The minimum Gasteiger partial charge on any atom is -0.481 e. The summed E-state index contributed by atoms with van der Waals surface area (Å²) in [6.45, 7) is -0.157. The molecule has 2 aromatic heterocycles. The van der Waals surface area contributed by atoms with Gasteiger partial charge in [0.1, 0.15) is 12.4 Å². The van der Waals surface area contributed by atoms with Gasteiger partial charge in [0.2, 0.25) is 11.8 Å². The first-order chi connectivity index (χ1) is 14.0. The van der Waals surface area contributed by atoms with Crippen molar-refractivity contribution in [2.24, 2.45) is 0 Å². The van der Waals surface area contributed by atoms with Crippen molar-refractivity contribution in [3.8, 4) is 5.88 Å². The van der Waals surface area contributed by atoms with Gasteiger partial charge in [-0.3, -0.25) is 14.5 Å². The molecule has 0 bridgehead atoms. The Hall–Kier alpha value is -3.52. The molecule has 29 heavy (non-hydrogen) atoms. The van der Waals surface area contributed by atoms with Crippen molar-refractivity contribution in [3.63, 3.8) is 0 Å². The Morgan fingerprint density at radius 1 is 1.10 bits per heavy atom. The van der Waals surface area contributed by atoms with E-state index in [1.54, 1.807) is 38.4 Å². The number of carbonyl (C=O) groups is 2. The number of pyridine rings is 2. The molecule has 4 rings (SSSR count). The molecule has 1 aliphatic rings. The zero-order valence-electron chi connectivity index (χ0n) is 16.3. The summed E-state index contributed by atoms with van der Waals surface area (Å²) >= 11 is 0. The molecule has 8 heteroatoms. The zero-order valence-corrected chi connectivity index (χ0v) is 16.3. The van der Waals surface area contributed by atoms with Crippen molar-refractivity contribution in [1.82, 2.24) is 14.9 Å². The molecule has 2 amide bonds. The molecule has 3 aromatic rings. The molecule has 0 N–H and O–H groups in total. The Morgan fingerprint density at radius 3 is 2.62 bits per heavy atom. The maximum Gasteiger partial charge on any atom is 0.262 e. The molecule has 1 aromatic carbocycles. The van der Waals surface area contributed by atoms with Gasteiger partial charge in [-0.15, -0.1) is 0 Å². The van der Waals surface area contributed by atoms with Crippen LogP contribution in [0.5, 0.6) is 5.88 Å². The molecule has 148 valence electrons. The Bertz CT molecular complexity index is 1100. The quantitative estimate of drug-likeness (QED) is 0.663. The standard InChI is InChI=1S/C21H20N4O4/c1-24(2)18(26)12-29-21-15-7-5-4-6-14(15)20(27)25(21)16-10-8-13-9-11-17(28-3)23-19(13)22-16/h4-11,21H,12H2,1-3H3. The van der Waals surface area contributed by atoms with Gasteiger partial charge in [0.25, 0.3) is 5.91 Å². The number of carbonyl (C=O) groups excluding carboxylic acids is 2. The summed E-state index contributed by atoms with van der Waals surface area (Å²) in [4.78, 5) is 36.9. The van der Waals surface area contributed by atoms with Crippen LogP contribution < -0.4 is 9.64 Å². The SMILES string of the molecule is COc1ccc2ccc(N3C(=O)c4ccccc4C3OCC(=O)N(C)C)nc2n1. The van der Waals surface area contributed by atoms with Gasteiger partial charge in [-0.05, 0) is 24.3 Å². The first-order valence-corrected chi connectivity index (χ1v) is 9.05. The van der Waals surface area contributed by atoms with Gasteiger partial charge in [-0.2, -0.15) is 4.98 Å². The van der Waals surface area contributed by atoms with Crippen molar-refractivity contribution in [2.45, 2.75) is 6.23 Å². The van der Waals surface area contributed by atoms with Gasteiger partial charge in [0.05, 0.1) is 7.11 Å². The lowest BCUT2D eigenvalue weighted by Crippen LogP contribution is -2.33. The van der Waals surface area contributed by atoms with Gasteiger partial charge in [-0.1, -0.05) is 18.2 Å². The number of rotatable bonds is 5. The maximum atomic E-state index is 13.1. The summed E-state index contributed by atoms with van der Waals surface area (Å²) < 4.78 is 11.0. The van der Waals surface area contributed by atoms with E-state index >= 15 is 0 Å². The van der Waals surface area contributed by atoms with E-state index in [1.165, 1.54) is 16.9 Å². The fourth-order valence-electron chi connectivity index (χ4n) is 3.17. The number of benzene rings is 1. The molecule has 0 saturated heterocycles. The topological polar surface area (TPSA) is 84.9 Å². The third-order valence-electron chi connectivity index (χ3n) is 4.74. The number of anilines is 1. The molecule has 1 atom stereocenters. The molecule has 0 fully saturated rings. The third-order valence-corrected chi connectivity index (χ3v) is 4.74. The van der Waals surface area contributed by atoms with Crippen molar-refractivity contribution in [2.75, 3.05) is 32.7 Å². The number of nitrogens with zero attached hydrogens (tertiary/aromatic N) is 4. The predicted molar refractivity (Wildman–Crippen MR) is 107 cm³/mol. The molecule has 0 radical (unpaired) electrons. The highest BCUT2D eigenvalue weighted by atomic mass is 16.5. The lowest BCUT2D eigenvalue weighted by Gasteiger charge is -2.25. The maximum absolute atomic E-state index is 13.1. The monoisotopic (exact) mass is 392 g/mol. The number of hydrogen-bond donors (Lipinski definition) is 0. The van der Waals surface area contributed by atoms with Gasteiger partial charge in [-0.25, -0.2) is 4.98 Å². The molecule has 1 unspecified atom stereocenters. The van der Waals surface area contributed by atoms with E-state index in [2.05, 4.69) is 9.97 Å². The molecule has 8 nitrogen and oxygen atoms in total. The number of fused-ring (bicyclic) bond motifs is 2. The van der Waals surface area contributed by atoms with Crippen LogP contribution in [-0.4, -0.2) is 54.5 Å². The van der Waals surface area contributed by atoms with E-state index in [0.717, 1.165) is 5.39 Å². The lowest BCUT2D eigenvalue weighted by molar-refractivity contribution is -0.135. The Balaban J connectivity index is 1.74. The fourth-order valence-corrected chi connectivity index (χ4v) is 3.17. The first-order valence-electron chi connectivity index (χ1n) is 9.05. The average Bonchev–Trinajstić information content (AvgIpc) is 3.03. The van der Waals surface area contributed by atoms with Crippen molar-refractivity contribution in [1.29, 1.82) is 0 Å². The second kappa shape index (κ2) is 7.48. The molecule has 0 spiro atoms. The van der Waals surface area contributed by atoms with Crippen LogP contribution in [0.2, 0.25) is 0 Å². The summed E-state index contributed by atoms with van der Waals surface area (Å²) in [6, 6.07) is 14.4. The largest absolute Gasteiger partial charge is 0.481 e. The smallest absolute Gasteiger partial charge is 0.262 e. The van der Waals surface area contributed by atoms with E-state index in [0.29, 0.717) is 28.5 Å². The number of likely N-dealkylation sites (N-methyl/N-ethyl adjacent to an activating group) is 1. The van der Waals surface area contributed by atoms with Crippen LogP contribution in [0.3, 0.4) is 0 Å². The average molecular weight is 392 g/mol.